The standard InChI is InChI=1S/C54H73ClN6O9/c1-37(2)43-31-44(36-60(35-43)53(65)45(34-56)33-54(5,6)7)52(64)58-19-21-67-23-25-69-27-29-70-28-26-68-24-22-66-20-18-57-51(63)41-10-8-40(9-11-41)42-12-17-50-48(32-42)49(30-38(3)61(50)39(4)62)59-47-15-13-46(55)14-16-47/h8-17,32-33,37-38,43-44,49,59H,18-31,35-36H2,1-7H3,(H,57,63)(H,58,64)/b45-33+/t38-,43?,44?,49+/m0/s1. The van der Waals surface area contributed by atoms with Gasteiger partial charge < -0.3 is 49.4 Å². The van der Waals surface area contributed by atoms with E-state index in [1.807, 2.05) is 86.3 Å². The SMILES string of the molecule is CC(=O)N1c2ccc(-c3ccc(C(=O)NCCOCCOCCOCCOCCOCCNC(=O)C4CC(C(C)C)CN(C(=O)/C(C#N)=C/C(C)(C)C)C4)cc3)cc2[C@H](Nc2ccc(Cl)cc2)C[C@@H]1C. The molecule has 2 aliphatic rings. The zero-order valence-corrected chi connectivity index (χ0v) is 42.8. The van der Waals surface area contributed by atoms with Crippen molar-refractivity contribution in [2.24, 2.45) is 23.2 Å². The zero-order chi connectivity index (χ0) is 50.6. The summed E-state index contributed by atoms with van der Waals surface area (Å²) in [5.74, 6) is -0.513. The van der Waals surface area contributed by atoms with Crippen LogP contribution in [0.4, 0.5) is 11.4 Å². The van der Waals surface area contributed by atoms with E-state index in [2.05, 4.69) is 48.9 Å². The molecule has 0 spiro atoms. The van der Waals surface area contributed by atoms with Crippen LogP contribution in [0.1, 0.15) is 83.3 Å². The first-order valence-electron chi connectivity index (χ1n) is 24.5. The molecule has 0 radical (unpaired) electrons. The van der Waals surface area contributed by atoms with Crippen LogP contribution in [0.5, 0.6) is 0 Å². The molecular weight excluding hydrogens is 912 g/mol. The number of nitrogens with one attached hydrogen (secondary N) is 3. The molecule has 3 aromatic rings. The second-order valence-electron chi connectivity index (χ2n) is 19.3. The first-order chi connectivity index (χ1) is 33.5. The number of hydrogen-bond donors (Lipinski definition) is 3. The number of allylic oxidation sites excluding steroid dienone is 1. The number of carbonyl (C=O) groups excluding carboxylic acids is 4. The minimum absolute atomic E-state index is 0.00357. The Labute approximate surface area is 419 Å². The fraction of sp³-hybridized carbons (Fsp3) is 0.537. The number of likely N-dealkylation sites (tertiary alicyclic amines) is 1. The van der Waals surface area contributed by atoms with Crippen LogP contribution < -0.4 is 20.9 Å². The van der Waals surface area contributed by atoms with E-state index in [9.17, 15) is 24.4 Å². The normalized spacial score (nSPS) is 18.3. The monoisotopic (exact) mass is 985 g/mol. The van der Waals surface area contributed by atoms with Gasteiger partial charge in [0, 0.05) is 61.1 Å². The Morgan fingerprint density at radius 1 is 0.771 bits per heavy atom. The highest BCUT2D eigenvalue weighted by atomic mass is 35.5. The summed E-state index contributed by atoms with van der Waals surface area (Å²) < 4.78 is 28.0. The number of hydrogen-bond acceptors (Lipinski definition) is 11. The van der Waals surface area contributed by atoms with Gasteiger partial charge in [-0.3, -0.25) is 19.2 Å². The van der Waals surface area contributed by atoms with Crippen molar-refractivity contribution in [1.29, 1.82) is 5.26 Å². The molecule has 3 aromatic carbocycles. The lowest BCUT2D eigenvalue weighted by atomic mass is 9.81. The van der Waals surface area contributed by atoms with Crippen molar-refractivity contribution in [3.63, 3.8) is 0 Å². The minimum atomic E-state index is -0.353. The smallest absolute Gasteiger partial charge is 0.264 e. The van der Waals surface area contributed by atoms with E-state index in [-0.39, 0.29) is 65.1 Å². The highest BCUT2D eigenvalue weighted by molar-refractivity contribution is 6.30. The third kappa shape index (κ3) is 17.5. The van der Waals surface area contributed by atoms with E-state index in [0.717, 1.165) is 34.5 Å². The summed E-state index contributed by atoms with van der Waals surface area (Å²) in [7, 11) is 0. The van der Waals surface area contributed by atoms with Crippen molar-refractivity contribution in [1.82, 2.24) is 15.5 Å². The van der Waals surface area contributed by atoms with E-state index < -0.39 is 0 Å². The van der Waals surface area contributed by atoms with E-state index in [4.69, 9.17) is 35.3 Å². The van der Waals surface area contributed by atoms with Crippen LogP contribution in [0.15, 0.2) is 78.4 Å². The van der Waals surface area contributed by atoms with Crippen LogP contribution in [0.2, 0.25) is 5.02 Å². The van der Waals surface area contributed by atoms with Gasteiger partial charge in [-0.05, 0) is 102 Å². The van der Waals surface area contributed by atoms with Crippen molar-refractivity contribution in [3.05, 3.63) is 94.5 Å². The van der Waals surface area contributed by atoms with Crippen LogP contribution >= 0.6 is 11.6 Å². The Morgan fingerprint density at radius 3 is 1.87 bits per heavy atom. The number of anilines is 2. The molecule has 380 valence electrons. The lowest BCUT2D eigenvalue weighted by molar-refractivity contribution is -0.135. The maximum Gasteiger partial charge on any atom is 0.264 e. The van der Waals surface area contributed by atoms with Crippen molar-refractivity contribution >= 4 is 46.6 Å². The number of carbonyl (C=O) groups is 4. The first kappa shape index (κ1) is 55.6. The number of halogens is 1. The third-order valence-electron chi connectivity index (χ3n) is 12.3. The number of piperidine rings is 1. The van der Waals surface area contributed by atoms with Gasteiger partial charge in [-0.2, -0.15) is 5.26 Å². The molecule has 70 heavy (non-hydrogen) atoms. The van der Waals surface area contributed by atoms with E-state index in [0.29, 0.717) is 109 Å². The van der Waals surface area contributed by atoms with Gasteiger partial charge >= 0.3 is 0 Å². The van der Waals surface area contributed by atoms with Gasteiger partial charge in [0.05, 0.1) is 78.0 Å². The van der Waals surface area contributed by atoms with Gasteiger partial charge in [0.1, 0.15) is 11.6 Å². The minimum Gasteiger partial charge on any atom is -0.378 e. The summed E-state index contributed by atoms with van der Waals surface area (Å²) in [4.78, 5) is 55.4. The molecule has 4 atom stereocenters. The highest BCUT2D eigenvalue weighted by Gasteiger charge is 2.36. The predicted octanol–water partition coefficient (Wildman–Crippen LogP) is 7.85. The van der Waals surface area contributed by atoms with Gasteiger partial charge in [-0.15, -0.1) is 0 Å². The number of ether oxygens (including phenoxy) is 5. The molecule has 15 nitrogen and oxygen atoms in total. The maximum atomic E-state index is 13.3. The van der Waals surface area contributed by atoms with Gasteiger partial charge in [0.2, 0.25) is 11.8 Å². The van der Waals surface area contributed by atoms with E-state index in [1.165, 1.54) is 0 Å². The van der Waals surface area contributed by atoms with Crippen LogP contribution in [-0.4, -0.2) is 127 Å². The van der Waals surface area contributed by atoms with Gasteiger partial charge in [-0.25, -0.2) is 0 Å². The summed E-state index contributed by atoms with van der Waals surface area (Å²) >= 11 is 6.12. The Kier molecular flexibility index (Phi) is 22.2. The number of rotatable bonds is 25. The molecule has 0 saturated carbocycles. The molecule has 4 amide bonds. The van der Waals surface area contributed by atoms with Gasteiger partial charge in [0.25, 0.3) is 11.8 Å². The first-order valence-corrected chi connectivity index (χ1v) is 24.9. The summed E-state index contributed by atoms with van der Waals surface area (Å²) in [5, 5.41) is 19.8. The van der Waals surface area contributed by atoms with Crippen molar-refractivity contribution in [2.45, 2.75) is 73.4 Å². The molecule has 0 bridgehead atoms. The molecule has 16 heteroatoms. The number of nitriles is 1. The van der Waals surface area contributed by atoms with E-state index in [1.54, 1.807) is 17.9 Å². The van der Waals surface area contributed by atoms with Crippen molar-refractivity contribution < 1.29 is 42.9 Å². The molecule has 5 rings (SSSR count). The van der Waals surface area contributed by atoms with Crippen LogP contribution in [0.25, 0.3) is 11.1 Å². The Balaban J connectivity index is 0.871. The predicted molar refractivity (Wildman–Crippen MR) is 273 cm³/mol. The molecule has 1 fully saturated rings. The Hall–Kier alpha value is -5.34. The number of benzene rings is 3. The molecule has 2 heterocycles. The number of amides is 4. The molecule has 0 aromatic heterocycles. The molecule has 2 unspecified atom stereocenters. The Morgan fingerprint density at radius 2 is 1.33 bits per heavy atom. The number of fused-ring (bicyclic) bond motifs is 1. The fourth-order valence-corrected chi connectivity index (χ4v) is 8.78. The van der Waals surface area contributed by atoms with Crippen molar-refractivity contribution in [3.8, 4) is 17.2 Å². The van der Waals surface area contributed by atoms with Gasteiger partial charge in [0.15, 0.2) is 0 Å². The summed E-state index contributed by atoms with van der Waals surface area (Å²) in [6, 6.07) is 23.3. The molecular formula is C54H73ClN6O9. The fourth-order valence-electron chi connectivity index (χ4n) is 8.65. The van der Waals surface area contributed by atoms with Crippen LogP contribution in [-0.2, 0) is 38.1 Å². The summed E-state index contributed by atoms with van der Waals surface area (Å²) in [6.45, 7) is 19.1. The van der Waals surface area contributed by atoms with Gasteiger partial charge in [-0.1, -0.05) is 70.5 Å². The summed E-state index contributed by atoms with van der Waals surface area (Å²) in [5.41, 5.74) is 5.16. The van der Waals surface area contributed by atoms with Crippen LogP contribution in [0, 0.1) is 34.5 Å². The second kappa shape index (κ2) is 27.9. The topological polar surface area (TPSA) is 181 Å². The second-order valence-corrected chi connectivity index (χ2v) is 19.8. The average molecular weight is 986 g/mol. The lowest BCUT2D eigenvalue weighted by Gasteiger charge is -2.39. The molecule has 3 N–H and O–H groups in total. The largest absolute Gasteiger partial charge is 0.378 e. The molecule has 0 aliphatic carbocycles. The van der Waals surface area contributed by atoms with Crippen molar-refractivity contribution in [2.75, 3.05) is 102 Å². The van der Waals surface area contributed by atoms with Crippen LogP contribution in [0.3, 0.4) is 0 Å². The van der Waals surface area contributed by atoms with E-state index >= 15 is 0 Å². The Bertz CT molecular complexity index is 2240. The molecule has 1 saturated heterocycles. The molecule has 2 aliphatic heterocycles. The summed E-state index contributed by atoms with van der Waals surface area (Å²) in [6.07, 6.45) is 3.13. The third-order valence-corrected chi connectivity index (χ3v) is 12.5. The quantitative estimate of drug-likeness (QED) is 0.0428. The highest BCUT2D eigenvalue weighted by Crippen LogP contribution is 2.41. The maximum absolute atomic E-state index is 13.3. The zero-order valence-electron chi connectivity index (χ0n) is 42.0. The number of nitrogens with zero attached hydrogens (tertiary/aromatic N) is 3. The average Bonchev–Trinajstić information content (AvgIpc) is 3.33. The lowest BCUT2D eigenvalue weighted by Crippen LogP contribution is -2.50.